The molecule has 3 heterocycles. The number of carbonyl (C=O) groups is 2. The molecule has 3 aliphatic rings. The first-order chi connectivity index (χ1) is 11.6. The molecule has 0 unspecified atom stereocenters. The fraction of sp³-hybridized carbons (Fsp3) is 0.875. The second kappa shape index (κ2) is 7.41. The zero-order valence-electron chi connectivity index (χ0n) is 14.0. The molecule has 1 radical (unpaired) electrons. The van der Waals surface area contributed by atoms with Gasteiger partial charge in [-0.3, -0.25) is 14.9 Å². The third kappa shape index (κ3) is 3.07. The Labute approximate surface area is 143 Å². The molecule has 4 atom stereocenters. The maximum atomic E-state index is 12.7. The number of hydrogen-bond donors (Lipinski definition) is 4. The van der Waals surface area contributed by atoms with Crippen LogP contribution in [0.3, 0.4) is 0 Å². The van der Waals surface area contributed by atoms with Gasteiger partial charge in [0, 0.05) is 25.0 Å². The fourth-order valence-corrected chi connectivity index (χ4v) is 4.72. The van der Waals surface area contributed by atoms with Crippen molar-refractivity contribution in [2.75, 3.05) is 19.6 Å². The zero-order chi connectivity index (χ0) is 17.2. The molecule has 7 nitrogen and oxygen atoms in total. The van der Waals surface area contributed by atoms with Gasteiger partial charge in [-0.2, -0.15) is 0 Å². The van der Waals surface area contributed by atoms with Crippen molar-refractivity contribution in [3.05, 3.63) is 0 Å². The summed E-state index contributed by atoms with van der Waals surface area (Å²) in [6, 6.07) is -0.107. The van der Waals surface area contributed by atoms with E-state index in [1.54, 1.807) is 0 Å². The highest BCUT2D eigenvalue weighted by Gasteiger charge is 2.58. The van der Waals surface area contributed by atoms with E-state index in [-0.39, 0.29) is 23.9 Å². The van der Waals surface area contributed by atoms with E-state index in [4.69, 9.17) is 5.02 Å². The van der Waals surface area contributed by atoms with Crippen molar-refractivity contribution < 1.29 is 19.7 Å². The van der Waals surface area contributed by atoms with Crippen molar-refractivity contribution in [1.82, 2.24) is 15.5 Å². The highest BCUT2D eigenvalue weighted by molar-refractivity contribution is 6.25. The number of nitrogens with zero attached hydrogens (tertiary/aromatic N) is 1. The largest absolute Gasteiger partial charge is 0.480 e. The molecule has 4 N–H and O–H groups in total. The molecule has 133 valence electrons. The van der Waals surface area contributed by atoms with Crippen LogP contribution < -0.4 is 10.6 Å². The molecule has 0 aromatic rings. The minimum absolute atomic E-state index is 0.0135. The van der Waals surface area contributed by atoms with E-state index in [9.17, 15) is 14.7 Å². The molecule has 3 fully saturated rings. The van der Waals surface area contributed by atoms with Crippen molar-refractivity contribution >= 4 is 19.4 Å². The van der Waals surface area contributed by atoms with E-state index in [0.717, 1.165) is 46.1 Å². The summed E-state index contributed by atoms with van der Waals surface area (Å²) >= 11 is 0. The summed E-state index contributed by atoms with van der Waals surface area (Å²) in [5.74, 6) is -0.701. The second-order valence-corrected chi connectivity index (χ2v) is 7.23. The maximum absolute atomic E-state index is 12.7. The third-order valence-corrected chi connectivity index (χ3v) is 5.98. The molecule has 8 heteroatoms. The first-order valence-electron chi connectivity index (χ1n) is 9.08. The van der Waals surface area contributed by atoms with Crippen LogP contribution in [-0.4, -0.2) is 71.6 Å². The smallest absolute Gasteiger partial charge is 0.324 e. The summed E-state index contributed by atoms with van der Waals surface area (Å²) in [4.78, 5) is 26.7. The van der Waals surface area contributed by atoms with Crippen LogP contribution in [0.4, 0.5) is 0 Å². The molecule has 0 saturated carbocycles. The number of likely N-dealkylation sites (tertiary alicyclic amines) is 1. The molecule has 0 bridgehead atoms. The molecule has 0 aliphatic carbocycles. The Kier molecular flexibility index (Phi) is 5.47. The monoisotopic (exact) mass is 336 g/mol. The summed E-state index contributed by atoms with van der Waals surface area (Å²) in [5.41, 5.74) is -0.932. The molecule has 0 spiro atoms. The number of unbranched alkanes of at least 4 members (excludes halogenated alkanes) is 1. The van der Waals surface area contributed by atoms with Crippen LogP contribution in [0.1, 0.15) is 38.5 Å². The van der Waals surface area contributed by atoms with E-state index >= 15 is 0 Å². The van der Waals surface area contributed by atoms with E-state index in [2.05, 4.69) is 10.6 Å². The SMILES string of the molecule is O=C([C@@H]1CCCN1)N1CC[C@H]2[C@@H]1CN[C@@]2(CCCC[B]O)C(=O)O. The van der Waals surface area contributed by atoms with Crippen LogP contribution in [-0.2, 0) is 9.59 Å². The topological polar surface area (TPSA) is 102 Å². The third-order valence-electron chi connectivity index (χ3n) is 5.98. The van der Waals surface area contributed by atoms with Crippen LogP contribution >= 0.6 is 0 Å². The normalized spacial score (nSPS) is 35.2. The lowest BCUT2D eigenvalue weighted by Crippen LogP contribution is -2.52. The Morgan fingerprint density at radius 3 is 2.79 bits per heavy atom. The van der Waals surface area contributed by atoms with E-state index in [0.29, 0.717) is 25.8 Å². The summed E-state index contributed by atoms with van der Waals surface area (Å²) in [6.45, 7) is 2.10. The minimum Gasteiger partial charge on any atom is -0.480 e. The number of nitrogens with one attached hydrogen (secondary N) is 2. The van der Waals surface area contributed by atoms with Gasteiger partial charge in [-0.15, -0.1) is 0 Å². The number of fused-ring (bicyclic) bond motifs is 1. The first-order valence-corrected chi connectivity index (χ1v) is 9.08. The number of hydrogen-bond acceptors (Lipinski definition) is 5. The van der Waals surface area contributed by atoms with Gasteiger partial charge < -0.3 is 20.3 Å². The van der Waals surface area contributed by atoms with Gasteiger partial charge in [0.1, 0.15) is 5.54 Å². The number of carboxylic acids is 1. The molecular formula is C16H27BN3O4. The van der Waals surface area contributed by atoms with Gasteiger partial charge in [0.05, 0.1) is 6.04 Å². The highest BCUT2D eigenvalue weighted by Crippen LogP contribution is 2.41. The van der Waals surface area contributed by atoms with Crippen LogP contribution in [0.2, 0.25) is 6.32 Å². The molecule has 3 saturated heterocycles. The fourth-order valence-electron chi connectivity index (χ4n) is 4.72. The molecule has 1 amide bonds. The van der Waals surface area contributed by atoms with Crippen molar-refractivity contribution in [3.63, 3.8) is 0 Å². The molecule has 0 aromatic heterocycles. The van der Waals surface area contributed by atoms with Crippen molar-refractivity contribution in [3.8, 4) is 0 Å². The lowest BCUT2D eigenvalue weighted by Gasteiger charge is -2.31. The Morgan fingerprint density at radius 1 is 1.29 bits per heavy atom. The Hall–Kier alpha value is -1.12. The highest BCUT2D eigenvalue weighted by atomic mass is 16.4. The van der Waals surface area contributed by atoms with Gasteiger partial charge in [0.2, 0.25) is 5.91 Å². The lowest BCUT2D eigenvalue weighted by atomic mass is 9.78. The summed E-state index contributed by atoms with van der Waals surface area (Å²) in [6.07, 6.45) is 5.30. The van der Waals surface area contributed by atoms with Crippen LogP contribution in [0, 0.1) is 5.92 Å². The predicted octanol–water partition coefficient (Wildman–Crippen LogP) is -0.418. The average Bonchev–Trinajstić information content (AvgIpc) is 3.28. The first kappa shape index (κ1) is 17.7. The molecule has 0 aromatic carbocycles. The minimum atomic E-state index is -0.932. The van der Waals surface area contributed by atoms with Crippen molar-refractivity contribution in [1.29, 1.82) is 0 Å². The second-order valence-electron chi connectivity index (χ2n) is 7.23. The zero-order valence-corrected chi connectivity index (χ0v) is 14.0. The number of rotatable bonds is 7. The number of carboxylic acid groups (broad SMARTS) is 1. The van der Waals surface area contributed by atoms with Crippen LogP contribution in [0.15, 0.2) is 0 Å². The van der Waals surface area contributed by atoms with Crippen LogP contribution in [0.25, 0.3) is 0 Å². The molecule has 3 rings (SSSR count). The van der Waals surface area contributed by atoms with E-state index in [1.807, 2.05) is 4.90 Å². The molecule has 24 heavy (non-hydrogen) atoms. The van der Waals surface area contributed by atoms with Gasteiger partial charge in [-0.05, 0) is 32.2 Å². The average molecular weight is 336 g/mol. The maximum Gasteiger partial charge on any atom is 0.324 e. The van der Waals surface area contributed by atoms with Crippen molar-refractivity contribution in [2.24, 2.45) is 5.92 Å². The van der Waals surface area contributed by atoms with Crippen molar-refractivity contribution in [2.45, 2.75) is 62.5 Å². The van der Waals surface area contributed by atoms with Gasteiger partial charge in [0.15, 0.2) is 0 Å². The van der Waals surface area contributed by atoms with Gasteiger partial charge in [-0.25, -0.2) is 0 Å². The number of amides is 1. The number of carbonyl (C=O) groups excluding carboxylic acids is 1. The van der Waals surface area contributed by atoms with Gasteiger partial charge >= 0.3 is 5.97 Å². The molecule has 3 aliphatic heterocycles. The Morgan fingerprint density at radius 2 is 2.12 bits per heavy atom. The standard InChI is InChI=1S/C16H27BN3O4/c21-14(12-4-3-8-18-12)20-9-5-11-13(20)10-19-16(11,15(22)23)6-1-2-7-17-24/h11-13,18-19,24H,1-10H2,(H,22,23)/t11-,12-,13-,16+/m0/s1. The summed E-state index contributed by atoms with van der Waals surface area (Å²) in [7, 11) is 1.13. The Bertz CT molecular complexity index is 486. The summed E-state index contributed by atoms with van der Waals surface area (Å²) in [5, 5.41) is 25.1. The van der Waals surface area contributed by atoms with Gasteiger partial charge in [-0.1, -0.05) is 19.2 Å². The van der Waals surface area contributed by atoms with Crippen LogP contribution in [0.5, 0.6) is 0 Å². The predicted molar refractivity (Wildman–Crippen MR) is 89.6 cm³/mol. The quantitative estimate of drug-likeness (QED) is 0.372. The summed E-state index contributed by atoms with van der Waals surface area (Å²) < 4.78 is 0. The number of aliphatic carboxylic acids is 1. The van der Waals surface area contributed by atoms with E-state index in [1.165, 1.54) is 0 Å². The van der Waals surface area contributed by atoms with Gasteiger partial charge in [0.25, 0.3) is 7.48 Å². The molecular weight excluding hydrogens is 309 g/mol. The van der Waals surface area contributed by atoms with E-state index < -0.39 is 11.5 Å². The Balaban J connectivity index is 1.67. The lowest BCUT2D eigenvalue weighted by molar-refractivity contribution is -0.147.